The summed E-state index contributed by atoms with van der Waals surface area (Å²) in [6, 6.07) is 4.29. The zero-order valence-corrected chi connectivity index (χ0v) is 69.1. The van der Waals surface area contributed by atoms with Crippen molar-refractivity contribution in [2.45, 2.75) is 183 Å². The molecule has 0 bridgehead atoms. The number of unbranched alkanes of at least 4 members (excludes halogenated alkanes) is 13. The lowest BCUT2D eigenvalue weighted by Crippen LogP contribution is -2.58. The topological polar surface area (TPSA) is 334 Å². The summed E-state index contributed by atoms with van der Waals surface area (Å²) in [4.78, 5) is 108. The number of ether oxygens (including phenoxy) is 4. The number of aliphatic hydroxyl groups excluding tert-OH is 1. The van der Waals surface area contributed by atoms with Crippen LogP contribution in [0.15, 0.2) is 38.4 Å². The summed E-state index contributed by atoms with van der Waals surface area (Å²) in [6.07, 6.45) is 8.24. The smallest absolute Gasteiger partial charge is 0.506 e. The fourth-order valence-corrected chi connectivity index (χ4v) is 19.1. The summed E-state index contributed by atoms with van der Waals surface area (Å²) >= 11 is 36.8. The Balaban J connectivity index is 0.711. The van der Waals surface area contributed by atoms with Gasteiger partial charge in [0.2, 0.25) is 29.4 Å². The highest BCUT2D eigenvalue weighted by Gasteiger charge is 2.61. The molecule has 1 aromatic heterocycles. The molecule has 8 rings (SSSR count). The molecular formula is C68H83Cl4F2I4N9O15S. The SMILES string of the molecule is C[C@@]12CSC(CCCCC(=O)NCCN(CCNC(=O)CCCCCCCCCCCOC(=O)OC[C@H]3O[C@@H](n4ccc(N)nc4=O)C(F)(F)C3O)CCNC(=O)CCCCCCCOC(=O)c3c(Cl)c(Cl)c(Cl)c(Cl)c3-c3c4cc(I)c(=O)c(I)c-4oc4c(I)c(O)c(I)cc34)[C@]1(C)NC(=O)N2. The van der Waals surface area contributed by atoms with E-state index in [-0.39, 0.29) is 116 Å². The van der Waals surface area contributed by atoms with Crippen molar-refractivity contribution in [1.29, 1.82) is 0 Å². The number of benzene rings is 3. The minimum atomic E-state index is -3.89. The second-order valence-electron chi connectivity index (χ2n) is 26.0. The van der Waals surface area contributed by atoms with E-state index in [9.17, 15) is 57.4 Å². The van der Waals surface area contributed by atoms with Crippen molar-refractivity contribution < 1.29 is 71.1 Å². The van der Waals surface area contributed by atoms with Crippen LogP contribution in [0.3, 0.4) is 0 Å². The number of thioether (sulfide) groups is 1. The number of aromatic hydroxyl groups is 1. The molecule has 3 saturated heterocycles. The lowest BCUT2D eigenvalue weighted by Gasteiger charge is -2.35. The molecule has 6 atom stereocenters. The first-order valence-corrected chi connectivity index (χ1v) is 41.0. The molecule has 3 aromatic rings. The molecular weight excluding hydrogens is 1900 g/mol. The molecule has 1 aliphatic carbocycles. The number of urea groups is 1. The predicted molar refractivity (Wildman–Crippen MR) is 425 cm³/mol. The van der Waals surface area contributed by atoms with E-state index >= 15 is 0 Å². The van der Waals surface area contributed by atoms with Crippen LogP contribution < -0.4 is 43.4 Å². The van der Waals surface area contributed by atoms with E-state index in [4.69, 9.17) is 75.5 Å². The summed E-state index contributed by atoms with van der Waals surface area (Å²) in [7, 11) is 0. The number of amides is 5. The minimum Gasteiger partial charge on any atom is -0.506 e. The Hall–Kier alpha value is -3.80. The number of esters is 1. The van der Waals surface area contributed by atoms with Gasteiger partial charge < -0.3 is 65.9 Å². The highest BCUT2D eigenvalue weighted by molar-refractivity contribution is 14.1. The molecule has 0 spiro atoms. The van der Waals surface area contributed by atoms with E-state index in [1.165, 1.54) is 0 Å². The molecule has 2 aromatic carbocycles. The average molecular weight is 1990 g/mol. The number of carbonyl (C=O) groups is 6. The lowest BCUT2D eigenvalue weighted by atomic mass is 9.79. The molecule has 5 heterocycles. The van der Waals surface area contributed by atoms with Crippen LogP contribution in [0, 0.1) is 14.3 Å². The zero-order valence-electron chi connectivity index (χ0n) is 56.6. The number of aliphatic hydroxyl groups is 1. The van der Waals surface area contributed by atoms with Crippen molar-refractivity contribution in [2.75, 3.05) is 70.6 Å². The van der Waals surface area contributed by atoms with E-state index in [0.717, 1.165) is 95.1 Å². The maximum atomic E-state index is 14.8. The van der Waals surface area contributed by atoms with Gasteiger partial charge >= 0.3 is 29.8 Å². The van der Waals surface area contributed by atoms with Gasteiger partial charge in [0.15, 0.2) is 17.4 Å². The number of anilines is 1. The molecule has 9 N–H and O–H groups in total. The van der Waals surface area contributed by atoms with Crippen molar-refractivity contribution in [2.24, 2.45) is 0 Å². The molecule has 4 aliphatic heterocycles. The number of nitrogen functional groups attached to an aromatic ring is 1. The van der Waals surface area contributed by atoms with Crippen LogP contribution in [-0.2, 0) is 33.3 Å². The fraction of sp³-hybridized carbons (Fsp3) is 0.574. The molecule has 24 nitrogen and oxygen atoms in total. The largest absolute Gasteiger partial charge is 0.508 e. The standard InChI is InChI=1S/C68H83Cl4F2I4N9O15S/c1-66-36-103-42(67(66,2)85-63(95)84-66)19-15-16-22-46(90)82-26-30-86(28-24-80-44(88)20-13-9-6-4-3-5-7-11-18-32-99-65(97)100-35-41-60(93)68(73,74)62(101-41)87-27-23-43(79)83-64(87)96)29-25-81-45(89)21-14-10-8-12-17-31-98-61(94)49-48(50(69)52(71)53(72)51(49)70)47-37-33-39(75)56(91)54(77)58(37)102-59-38(47)34-40(76)57(92)55(59)78/h23,27,33-34,41-42,60,62,91,93H,3-22,24-26,28-32,35-36H2,1-2H3,(H,80,88)(H,81,89)(H,82,90)(H2,79,83,96)(H2,84,85,95)/t41-,42?,60?,62-,66-,67+/m1/s1. The summed E-state index contributed by atoms with van der Waals surface area (Å²) in [6.45, 7) is 6.08. The third-order valence-electron chi connectivity index (χ3n) is 18.6. The zero-order chi connectivity index (χ0) is 74.9. The van der Waals surface area contributed by atoms with E-state index in [2.05, 4.69) is 50.3 Å². The molecule has 0 saturated carbocycles. The number of hydrogen-bond donors (Lipinski definition) is 8. The highest BCUT2D eigenvalue weighted by atomic mass is 127. The molecule has 5 amide bonds. The maximum Gasteiger partial charge on any atom is 0.508 e. The van der Waals surface area contributed by atoms with Crippen LogP contribution in [0.1, 0.15) is 159 Å². The van der Waals surface area contributed by atoms with Gasteiger partial charge in [-0.3, -0.25) is 28.6 Å². The normalized spacial score (nSPS) is 19.7. The summed E-state index contributed by atoms with van der Waals surface area (Å²) in [5.41, 5.74) is 4.39. The number of fused-ring (bicyclic) bond motifs is 3. The van der Waals surface area contributed by atoms with Gasteiger partial charge in [-0.2, -0.15) is 25.5 Å². The molecule has 2 unspecified atom stereocenters. The molecule has 103 heavy (non-hydrogen) atoms. The second kappa shape index (κ2) is 39.5. The third-order valence-corrected chi connectivity index (χ3v) is 25.9. The first-order chi connectivity index (χ1) is 49.0. The predicted octanol–water partition coefficient (Wildman–Crippen LogP) is 13.7. The van der Waals surface area contributed by atoms with Crippen LogP contribution in [0.5, 0.6) is 5.75 Å². The van der Waals surface area contributed by atoms with Gasteiger partial charge in [0, 0.05) is 97.8 Å². The first-order valence-electron chi connectivity index (χ1n) is 34.1. The summed E-state index contributed by atoms with van der Waals surface area (Å²) in [5, 5.41) is 36.5. The van der Waals surface area contributed by atoms with Gasteiger partial charge in [-0.1, -0.05) is 117 Å². The van der Waals surface area contributed by atoms with Gasteiger partial charge in [-0.15, -0.1) is 0 Å². The van der Waals surface area contributed by atoms with E-state index in [1.54, 1.807) is 12.1 Å². The van der Waals surface area contributed by atoms with Crippen molar-refractivity contribution in [3.05, 3.63) is 85.0 Å². The van der Waals surface area contributed by atoms with Crippen molar-refractivity contribution in [3.63, 3.8) is 0 Å². The van der Waals surface area contributed by atoms with Gasteiger partial charge in [0.1, 0.15) is 27.8 Å². The number of hydrogen-bond acceptors (Lipinski definition) is 19. The molecule has 3 fully saturated rings. The van der Waals surface area contributed by atoms with Crippen LogP contribution >= 0.6 is 149 Å². The third kappa shape index (κ3) is 21.8. The number of rotatable bonds is 39. The Kier molecular flexibility index (Phi) is 32.6. The molecule has 0 radical (unpaired) electrons. The van der Waals surface area contributed by atoms with E-state index in [0.29, 0.717) is 122 Å². The Morgan fingerprint density at radius 1 is 0.728 bits per heavy atom. The number of halogens is 10. The van der Waals surface area contributed by atoms with E-state index < -0.39 is 48.8 Å². The number of alkyl halides is 2. The fourth-order valence-electron chi connectivity index (χ4n) is 12.6. The Morgan fingerprint density at radius 3 is 1.85 bits per heavy atom. The van der Waals surface area contributed by atoms with Gasteiger partial charge in [-0.25, -0.2) is 19.2 Å². The number of nitrogens with zero attached hydrogens (tertiary/aromatic N) is 3. The Labute approximate surface area is 673 Å². The second-order valence-corrected chi connectivity index (χ2v) is 33.2. The van der Waals surface area contributed by atoms with Crippen molar-refractivity contribution in [1.82, 2.24) is 41.0 Å². The number of aromatic nitrogens is 2. The number of phenols is 1. The number of phenolic OH excluding ortho intramolecular Hbond substituents is 1. The van der Waals surface area contributed by atoms with Crippen LogP contribution in [0.4, 0.5) is 24.2 Å². The molecule has 566 valence electrons. The quantitative estimate of drug-likeness (QED) is 0.00345. The summed E-state index contributed by atoms with van der Waals surface area (Å²) < 4.78 is 58.9. The van der Waals surface area contributed by atoms with Gasteiger partial charge in [-0.05, 0) is 161 Å². The van der Waals surface area contributed by atoms with Crippen LogP contribution in [-0.4, -0.2) is 160 Å². The number of carbonyl (C=O) groups excluding carboxylic acids is 6. The maximum absolute atomic E-state index is 14.8. The Morgan fingerprint density at radius 2 is 1.27 bits per heavy atom. The van der Waals surface area contributed by atoms with Crippen LogP contribution in [0.2, 0.25) is 20.1 Å². The highest BCUT2D eigenvalue weighted by Crippen LogP contribution is 2.53. The number of nitrogens with two attached hydrogens (primary N) is 1. The van der Waals surface area contributed by atoms with Crippen LogP contribution in [0.25, 0.3) is 33.4 Å². The minimum absolute atomic E-state index is 0.0221. The van der Waals surface area contributed by atoms with E-state index in [1.807, 2.05) is 102 Å². The lowest BCUT2D eigenvalue weighted by molar-refractivity contribution is -0.141. The summed E-state index contributed by atoms with van der Waals surface area (Å²) in [5.74, 6) is -4.12. The molecule has 5 aliphatic rings. The molecule has 35 heteroatoms. The monoisotopic (exact) mass is 1980 g/mol. The number of nitrogens with one attached hydrogen (secondary N) is 5. The van der Waals surface area contributed by atoms with Gasteiger partial charge in [0.05, 0.1) is 60.7 Å². The first kappa shape index (κ1) is 84.8. The average Bonchev–Trinajstić information content (AvgIpc) is 1.59. The van der Waals surface area contributed by atoms with Crippen molar-refractivity contribution >= 4 is 201 Å². The van der Waals surface area contributed by atoms with Gasteiger partial charge in [0.25, 0.3) is 0 Å². The van der Waals surface area contributed by atoms with Crippen molar-refractivity contribution in [3.8, 4) is 28.2 Å². The Bertz CT molecular complexity index is 3990.